The number of fused-ring (bicyclic) bond motifs is 2. The van der Waals surface area contributed by atoms with E-state index in [0.29, 0.717) is 67.7 Å². The average molecular weight is 837 g/mol. The molecule has 58 heavy (non-hydrogen) atoms. The lowest BCUT2D eigenvalue weighted by atomic mass is 10.1. The van der Waals surface area contributed by atoms with Crippen LogP contribution in [0.3, 0.4) is 0 Å². The highest BCUT2D eigenvalue weighted by molar-refractivity contribution is 6.34. The Morgan fingerprint density at radius 2 is 1.03 bits per heavy atom. The smallest absolute Gasteiger partial charge is 0.341 e. The van der Waals surface area contributed by atoms with Crippen molar-refractivity contribution in [2.75, 3.05) is 76.6 Å². The van der Waals surface area contributed by atoms with E-state index in [1.54, 1.807) is 28.2 Å². The normalized spacial score (nSPS) is 11.0. The molecule has 0 saturated carbocycles. The molecule has 0 aliphatic heterocycles. The van der Waals surface area contributed by atoms with E-state index in [1.165, 1.54) is 18.5 Å². The molecular weight excluding hydrogens is 791 g/mol. The predicted octanol–water partition coefficient (Wildman–Crippen LogP) is 4.07. The number of pyridine rings is 2. The van der Waals surface area contributed by atoms with Gasteiger partial charge < -0.3 is 59.1 Å². The van der Waals surface area contributed by atoms with Crippen LogP contribution in [0.4, 0.5) is 15.8 Å². The molecule has 0 unspecified atom stereocenters. The molecule has 0 saturated heterocycles. The Labute approximate surface area is 335 Å². The average Bonchev–Trinajstić information content (AvgIpc) is 3.17. The number of benzene rings is 2. The second-order valence-electron chi connectivity index (χ2n) is 12.2. The fourth-order valence-corrected chi connectivity index (χ4v) is 5.62. The van der Waals surface area contributed by atoms with Crippen LogP contribution in [0.2, 0.25) is 5.02 Å². The van der Waals surface area contributed by atoms with Gasteiger partial charge in [-0.1, -0.05) is 11.6 Å². The highest BCUT2D eigenvalue weighted by Gasteiger charge is 2.18. The zero-order chi connectivity index (χ0) is 42.8. The van der Waals surface area contributed by atoms with Gasteiger partial charge in [-0.05, 0) is 38.1 Å². The van der Waals surface area contributed by atoms with E-state index < -0.39 is 46.1 Å². The summed E-state index contributed by atoms with van der Waals surface area (Å²) >= 11 is 6.31. The molecule has 0 atom stereocenters. The lowest BCUT2D eigenvalue weighted by molar-refractivity contribution is -0.139. The summed E-state index contributed by atoms with van der Waals surface area (Å²) in [6, 6.07) is 5.69. The lowest BCUT2D eigenvalue weighted by Crippen LogP contribution is -2.19. The Balaban J connectivity index is 0.000000310. The third-order valence-corrected chi connectivity index (χ3v) is 8.58. The summed E-state index contributed by atoms with van der Waals surface area (Å²) in [6.45, 7) is 7.21. The summed E-state index contributed by atoms with van der Waals surface area (Å²) in [5, 5.41) is 42.0. The number of aromatic carboxylic acids is 2. The Hall–Kier alpha value is -5.60. The SMILES string of the molecule is CCn1cc(C(=O)O)c(=O)c2cc(F)c(NCCOCCOCCC(=O)O)cc21.CCn1cc(C(=O)O)c(=O)c2cc(NCCOCCOCCC(=O)O)c(Cl)cc21. The van der Waals surface area contributed by atoms with Crippen molar-refractivity contribution < 1.29 is 62.9 Å². The number of halogens is 2. The van der Waals surface area contributed by atoms with E-state index in [-0.39, 0.29) is 67.9 Å². The zero-order valence-corrected chi connectivity index (χ0v) is 32.6. The quantitative estimate of drug-likeness (QED) is 0.0544. The maximum absolute atomic E-state index is 14.4. The second-order valence-corrected chi connectivity index (χ2v) is 12.6. The minimum absolute atomic E-state index is 0.00422. The van der Waals surface area contributed by atoms with Crippen LogP contribution in [0.5, 0.6) is 0 Å². The Kier molecular flexibility index (Phi) is 19.0. The molecular formula is C38H46ClFN4O14. The number of nitrogens with zero attached hydrogens (tertiary/aromatic N) is 2. The van der Waals surface area contributed by atoms with Gasteiger partial charge >= 0.3 is 23.9 Å². The summed E-state index contributed by atoms with van der Waals surface area (Å²) in [5.74, 6) is -5.14. The van der Waals surface area contributed by atoms with E-state index >= 15 is 0 Å². The number of hydrogen-bond acceptors (Lipinski definition) is 12. The summed E-state index contributed by atoms with van der Waals surface area (Å²) < 4.78 is 38.5. The molecule has 20 heteroatoms. The van der Waals surface area contributed by atoms with Gasteiger partial charge in [0, 0.05) is 49.3 Å². The number of rotatable bonds is 24. The monoisotopic (exact) mass is 836 g/mol. The molecule has 316 valence electrons. The molecule has 0 spiro atoms. The molecule has 2 aromatic carbocycles. The fraction of sp³-hybridized carbons (Fsp3) is 0.421. The first kappa shape index (κ1) is 46.8. The van der Waals surface area contributed by atoms with Crippen molar-refractivity contribution in [3.05, 3.63) is 79.1 Å². The Morgan fingerprint density at radius 3 is 1.47 bits per heavy atom. The van der Waals surface area contributed by atoms with Gasteiger partial charge in [0.2, 0.25) is 10.9 Å². The second kappa shape index (κ2) is 23.6. The third kappa shape index (κ3) is 13.8. The van der Waals surface area contributed by atoms with Gasteiger partial charge in [-0.2, -0.15) is 0 Å². The number of carboxylic acid groups (broad SMARTS) is 4. The van der Waals surface area contributed by atoms with Gasteiger partial charge in [-0.3, -0.25) is 19.2 Å². The van der Waals surface area contributed by atoms with E-state index in [4.69, 9.17) is 45.9 Å². The zero-order valence-electron chi connectivity index (χ0n) is 31.9. The standard InChI is InChI=1S/C19H23ClN2O7.C19H23FN2O7/c1-2-22-11-13(19(26)27)18(25)12-9-15(14(20)10-16(12)22)21-4-6-29-8-7-28-5-3-17(23)24;1-2-22-11-13(19(26)27)18(25)12-9-14(20)15(10-16(12)22)21-4-6-29-8-7-28-5-3-17(23)24/h2*9-11,21H,2-8H2,1H3,(H,23,24)(H,26,27). The van der Waals surface area contributed by atoms with Crippen molar-refractivity contribution in [1.29, 1.82) is 0 Å². The summed E-state index contributed by atoms with van der Waals surface area (Å²) in [7, 11) is 0. The van der Waals surface area contributed by atoms with Crippen molar-refractivity contribution >= 4 is 68.7 Å². The number of aliphatic carboxylic acids is 2. The summed E-state index contributed by atoms with van der Waals surface area (Å²) in [4.78, 5) is 68.1. The van der Waals surface area contributed by atoms with Crippen LogP contribution in [-0.2, 0) is 41.6 Å². The van der Waals surface area contributed by atoms with Crippen LogP contribution in [0, 0.1) is 5.82 Å². The number of ether oxygens (including phenoxy) is 4. The number of nitrogens with one attached hydrogen (secondary N) is 2. The third-order valence-electron chi connectivity index (χ3n) is 8.27. The first-order valence-electron chi connectivity index (χ1n) is 18.1. The fourth-order valence-electron chi connectivity index (χ4n) is 5.40. The molecule has 0 aliphatic carbocycles. The molecule has 2 aromatic heterocycles. The van der Waals surface area contributed by atoms with Gasteiger partial charge in [0.15, 0.2) is 0 Å². The van der Waals surface area contributed by atoms with Gasteiger partial charge in [0.05, 0.1) is 93.1 Å². The molecule has 18 nitrogen and oxygen atoms in total. The molecule has 0 aliphatic rings. The van der Waals surface area contributed by atoms with Crippen molar-refractivity contribution in [1.82, 2.24) is 9.13 Å². The molecule has 4 aromatic rings. The van der Waals surface area contributed by atoms with Crippen LogP contribution in [0.25, 0.3) is 21.8 Å². The lowest BCUT2D eigenvalue weighted by Gasteiger charge is -2.14. The van der Waals surface area contributed by atoms with Gasteiger partial charge in [-0.15, -0.1) is 0 Å². The molecule has 0 bridgehead atoms. The number of carbonyl (C=O) groups is 4. The van der Waals surface area contributed by atoms with Gasteiger partial charge in [0.1, 0.15) is 16.9 Å². The minimum atomic E-state index is -1.36. The van der Waals surface area contributed by atoms with Crippen LogP contribution in [0.15, 0.2) is 46.2 Å². The molecule has 0 radical (unpaired) electrons. The van der Waals surface area contributed by atoms with E-state index in [9.17, 15) is 38.3 Å². The topological polar surface area (TPSA) is 254 Å². The number of aromatic nitrogens is 2. The van der Waals surface area contributed by atoms with E-state index in [1.807, 2.05) is 6.92 Å². The first-order chi connectivity index (χ1) is 27.7. The summed E-state index contributed by atoms with van der Waals surface area (Å²) in [6.07, 6.45) is 2.45. The number of anilines is 2. The summed E-state index contributed by atoms with van der Waals surface area (Å²) in [5.41, 5.74) is -0.323. The van der Waals surface area contributed by atoms with Crippen LogP contribution >= 0.6 is 11.6 Å². The minimum Gasteiger partial charge on any atom is -0.481 e. The number of aryl methyl sites for hydroxylation is 2. The Morgan fingerprint density at radius 1 is 0.621 bits per heavy atom. The van der Waals surface area contributed by atoms with E-state index in [2.05, 4.69) is 10.6 Å². The largest absolute Gasteiger partial charge is 0.481 e. The molecule has 4 rings (SSSR count). The highest BCUT2D eigenvalue weighted by Crippen LogP contribution is 2.27. The van der Waals surface area contributed by atoms with Crippen molar-refractivity contribution in [2.45, 2.75) is 39.8 Å². The molecule has 6 N–H and O–H groups in total. The van der Waals surface area contributed by atoms with Crippen molar-refractivity contribution in [3.8, 4) is 0 Å². The van der Waals surface area contributed by atoms with Crippen LogP contribution in [0.1, 0.15) is 47.4 Å². The molecule has 0 amide bonds. The highest BCUT2D eigenvalue weighted by atomic mass is 35.5. The maximum Gasteiger partial charge on any atom is 0.341 e. The Bertz CT molecular complexity index is 2190. The number of hydrogen-bond donors (Lipinski definition) is 6. The van der Waals surface area contributed by atoms with Crippen molar-refractivity contribution in [3.63, 3.8) is 0 Å². The maximum atomic E-state index is 14.4. The predicted molar refractivity (Wildman–Crippen MR) is 211 cm³/mol. The molecule has 0 fully saturated rings. The van der Waals surface area contributed by atoms with Crippen molar-refractivity contribution in [2.24, 2.45) is 0 Å². The first-order valence-corrected chi connectivity index (χ1v) is 18.5. The van der Waals surface area contributed by atoms with Gasteiger partial charge in [-0.25, -0.2) is 14.0 Å². The van der Waals surface area contributed by atoms with Gasteiger partial charge in [0.25, 0.3) is 0 Å². The van der Waals surface area contributed by atoms with Crippen LogP contribution < -0.4 is 21.5 Å². The van der Waals surface area contributed by atoms with E-state index in [0.717, 1.165) is 6.07 Å². The van der Waals surface area contributed by atoms with Crippen LogP contribution in [-0.4, -0.2) is 119 Å². The molecule has 2 heterocycles. The number of carboxylic acids is 4.